The number of nitrogens with one attached hydrogen (secondary N) is 3. The Bertz CT molecular complexity index is 1670. The van der Waals surface area contributed by atoms with Crippen molar-refractivity contribution in [1.29, 1.82) is 0 Å². The van der Waals surface area contributed by atoms with E-state index in [2.05, 4.69) is 26.0 Å². The molecule has 42 heavy (non-hydrogen) atoms. The highest BCUT2D eigenvalue weighted by Gasteiger charge is 2.16. The number of pyridine rings is 1. The Kier molecular flexibility index (Phi) is 9.79. The van der Waals surface area contributed by atoms with Crippen LogP contribution in [0.1, 0.15) is 17.3 Å². The van der Waals surface area contributed by atoms with Crippen LogP contribution in [0.4, 0.5) is 16.2 Å². The van der Waals surface area contributed by atoms with Gasteiger partial charge in [-0.3, -0.25) is 14.6 Å². The van der Waals surface area contributed by atoms with Crippen molar-refractivity contribution in [2.24, 2.45) is 0 Å². The maximum Gasteiger partial charge on any atom is 0.323 e. The molecule has 4 N–H and O–H groups in total. The number of carbonyl (C=O) groups is 2. The number of aromatic hydroxyl groups is 1. The summed E-state index contributed by atoms with van der Waals surface area (Å²) in [7, 11) is 3.81. The molecule has 2 heterocycles. The van der Waals surface area contributed by atoms with Gasteiger partial charge in [-0.1, -0.05) is 47.5 Å². The standard InChI is InChI=1S/C29H29Cl2N7O4/c1-4-38-28(41)24(34-29(42)35-26-21(30)15-32-16-22(26)31)14-23(36-38)19-7-5-6-17(12-19)18-8-9-20(25(39)13-18)27(40)33-10-11-37(2)3/h5-9,12-16,39H,4,10-11H2,1-3H3,(H,33,40)(H2,32,34,35,42). The number of phenols is 1. The molecule has 0 unspecified atom stereocenters. The van der Waals surface area contributed by atoms with E-state index in [1.807, 2.05) is 37.2 Å². The third kappa shape index (κ3) is 7.24. The van der Waals surface area contributed by atoms with Crippen LogP contribution in [0.25, 0.3) is 22.4 Å². The number of hydrogen-bond donors (Lipinski definition) is 4. The van der Waals surface area contributed by atoms with Crippen LogP contribution in [0.15, 0.2) is 65.7 Å². The molecular weight excluding hydrogens is 581 g/mol. The Morgan fingerprint density at radius 2 is 1.67 bits per heavy atom. The zero-order valence-electron chi connectivity index (χ0n) is 23.1. The van der Waals surface area contributed by atoms with Gasteiger partial charge in [-0.05, 0) is 56.4 Å². The van der Waals surface area contributed by atoms with Crippen LogP contribution in [0, 0.1) is 0 Å². The summed E-state index contributed by atoms with van der Waals surface area (Å²) in [5, 5.41) is 23.2. The lowest BCUT2D eigenvalue weighted by molar-refractivity contribution is 0.0948. The van der Waals surface area contributed by atoms with Gasteiger partial charge in [-0.25, -0.2) is 9.48 Å². The van der Waals surface area contributed by atoms with Crippen LogP contribution in [-0.2, 0) is 6.54 Å². The number of aryl methyl sites for hydroxylation is 1. The van der Waals surface area contributed by atoms with Crippen molar-refractivity contribution in [1.82, 2.24) is 25.0 Å². The number of carbonyl (C=O) groups excluding carboxylic acids is 2. The highest BCUT2D eigenvalue weighted by molar-refractivity contribution is 6.39. The van der Waals surface area contributed by atoms with E-state index in [0.717, 1.165) is 5.56 Å². The lowest BCUT2D eigenvalue weighted by Crippen LogP contribution is -2.31. The van der Waals surface area contributed by atoms with Crippen LogP contribution >= 0.6 is 23.2 Å². The summed E-state index contributed by atoms with van der Waals surface area (Å²) in [6.07, 6.45) is 2.66. The van der Waals surface area contributed by atoms with Crippen LogP contribution in [0.3, 0.4) is 0 Å². The second kappa shape index (κ2) is 13.5. The molecule has 0 fully saturated rings. The summed E-state index contributed by atoms with van der Waals surface area (Å²) in [5.74, 6) is -0.511. The topological polar surface area (TPSA) is 141 Å². The summed E-state index contributed by atoms with van der Waals surface area (Å²) in [6, 6.07) is 12.9. The number of urea groups is 1. The van der Waals surface area contributed by atoms with Crippen LogP contribution in [-0.4, -0.2) is 63.9 Å². The van der Waals surface area contributed by atoms with Gasteiger partial charge in [0, 0.05) is 37.6 Å². The van der Waals surface area contributed by atoms with Crippen LogP contribution in [0.5, 0.6) is 5.75 Å². The number of nitrogens with zero attached hydrogens (tertiary/aromatic N) is 4. The molecule has 4 aromatic rings. The lowest BCUT2D eigenvalue weighted by Gasteiger charge is -2.13. The monoisotopic (exact) mass is 609 g/mol. The minimum atomic E-state index is -0.725. The molecular formula is C29H29Cl2N7O4. The number of benzene rings is 2. The number of halogens is 2. The van der Waals surface area contributed by atoms with Gasteiger partial charge in [0.15, 0.2) is 0 Å². The van der Waals surface area contributed by atoms with E-state index in [4.69, 9.17) is 23.2 Å². The molecule has 3 amide bonds. The average molecular weight is 611 g/mol. The summed E-state index contributed by atoms with van der Waals surface area (Å²) in [4.78, 5) is 44.0. The molecule has 13 heteroatoms. The Morgan fingerprint density at radius 1 is 0.976 bits per heavy atom. The van der Waals surface area contributed by atoms with E-state index in [-0.39, 0.29) is 45.2 Å². The van der Waals surface area contributed by atoms with E-state index < -0.39 is 11.6 Å². The Balaban J connectivity index is 1.60. The molecule has 4 rings (SSSR count). The first-order valence-electron chi connectivity index (χ1n) is 12.9. The smallest absolute Gasteiger partial charge is 0.323 e. The fourth-order valence-electron chi connectivity index (χ4n) is 4.03. The quantitative estimate of drug-likeness (QED) is 0.210. The zero-order chi connectivity index (χ0) is 30.4. The molecule has 218 valence electrons. The van der Waals surface area contributed by atoms with E-state index in [9.17, 15) is 19.5 Å². The Hall–Kier alpha value is -4.45. The van der Waals surface area contributed by atoms with E-state index in [0.29, 0.717) is 29.9 Å². The third-order valence-corrected chi connectivity index (χ3v) is 6.77. The molecule has 0 saturated heterocycles. The van der Waals surface area contributed by atoms with Crippen molar-refractivity contribution < 1.29 is 14.7 Å². The van der Waals surface area contributed by atoms with Gasteiger partial charge in [0.2, 0.25) is 0 Å². The minimum absolute atomic E-state index is 0.00618. The first-order chi connectivity index (χ1) is 20.1. The van der Waals surface area contributed by atoms with Crippen molar-refractivity contribution >= 4 is 46.5 Å². The molecule has 0 aliphatic heterocycles. The molecule has 2 aromatic carbocycles. The minimum Gasteiger partial charge on any atom is -0.507 e. The van der Waals surface area contributed by atoms with Gasteiger partial charge < -0.3 is 26.0 Å². The molecule has 0 radical (unpaired) electrons. The summed E-state index contributed by atoms with van der Waals surface area (Å²) >= 11 is 12.2. The van der Waals surface area contributed by atoms with Gasteiger partial charge in [0.05, 0.1) is 27.0 Å². The molecule has 11 nitrogen and oxygen atoms in total. The number of likely N-dealkylation sites (N-methyl/N-ethyl adjacent to an activating group) is 1. The summed E-state index contributed by atoms with van der Waals surface area (Å²) in [6.45, 7) is 3.14. The molecule has 0 aliphatic rings. The SMILES string of the molecule is CCn1nc(-c2cccc(-c3ccc(C(=O)NCCN(C)C)c(O)c3)c2)cc(NC(=O)Nc2c(Cl)cncc2Cl)c1=O. The van der Waals surface area contributed by atoms with E-state index in [1.54, 1.807) is 25.1 Å². The second-order valence-corrected chi connectivity index (χ2v) is 10.3. The highest BCUT2D eigenvalue weighted by atomic mass is 35.5. The van der Waals surface area contributed by atoms with Crippen molar-refractivity contribution in [3.8, 4) is 28.1 Å². The second-order valence-electron chi connectivity index (χ2n) is 9.49. The molecule has 0 bridgehead atoms. The van der Waals surface area contributed by atoms with Gasteiger partial charge >= 0.3 is 6.03 Å². The third-order valence-electron chi connectivity index (χ3n) is 6.19. The van der Waals surface area contributed by atoms with Crippen molar-refractivity contribution in [3.63, 3.8) is 0 Å². The van der Waals surface area contributed by atoms with Crippen molar-refractivity contribution in [2.45, 2.75) is 13.5 Å². The van der Waals surface area contributed by atoms with Crippen LogP contribution in [0.2, 0.25) is 10.0 Å². The Morgan fingerprint density at radius 3 is 2.33 bits per heavy atom. The maximum absolute atomic E-state index is 13.0. The van der Waals surface area contributed by atoms with Crippen molar-refractivity contribution in [3.05, 3.63) is 86.9 Å². The fraction of sp³-hybridized carbons (Fsp3) is 0.207. The van der Waals surface area contributed by atoms with Gasteiger partial charge in [0.25, 0.3) is 11.5 Å². The number of amides is 3. The molecule has 0 atom stereocenters. The van der Waals surface area contributed by atoms with E-state index in [1.165, 1.54) is 29.2 Å². The maximum atomic E-state index is 13.0. The van der Waals surface area contributed by atoms with E-state index >= 15 is 0 Å². The zero-order valence-corrected chi connectivity index (χ0v) is 24.6. The first-order valence-corrected chi connectivity index (χ1v) is 13.7. The normalized spacial score (nSPS) is 10.9. The molecule has 0 aliphatic carbocycles. The van der Waals surface area contributed by atoms with Crippen molar-refractivity contribution in [2.75, 3.05) is 37.8 Å². The first kappa shape index (κ1) is 30.5. The average Bonchev–Trinajstić information content (AvgIpc) is 2.96. The number of anilines is 2. The van der Waals surface area contributed by atoms with Gasteiger partial charge in [0.1, 0.15) is 11.4 Å². The van der Waals surface area contributed by atoms with Gasteiger partial charge in [-0.15, -0.1) is 0 Å². The molecule has 0 spiro atoms. The Labute approximate surface area is 252 Å². The lowest BCUT2D eigenvalue weighted by atomic mass is 9.99. The number of hydrogen-bond acceptors (Lipinski definition) is 7. The predicted octanol–water partition coefficient (Wildman–Crippen LogP) is 4.94. The number of phenolic OH excluding ortho intramolecular Hbond substituents is 1. The number of aromatic nitrogens is 3. The highest BCUT2D eigenvalue weighted by Crippen LogP contribution is 2.31. The van der Waals surface area contributed by atoms with Crippen LogP contribution < -0.4 is 21.5 Å². The predicted molar refractivity (Wildman–Crippen MR) is 164 cm³/mol. The summed E-state index contributed by atoms with van der Waals surface area (Å²) < 4.78 is 1.24. The molecule has 0 saturated carbocycles. The largest absolute Gasteiger partial charge is 0.507 e. The number of rotatable bonds is 9. The molecule has 2 aromatic heterocycles. The van der Waals surface area contributed by atoms with Gasteiger partial charge in [-0.2, -0.15) is 5.10 Å². The fourth-order valence-corrected chi connectivity index (χ4v) is 4.49. The summed E-state index contributed by atoms with van der Waals surface area (Å²) in [5.41, 5.74) is 2.33.